The summed E-state index contributed by atoms with van der Waals surface area (Å²) in [6.45, 7) is 0. The number of hydrogen-bond acceptors (Lipinski definition) is 5. The molecule has 0 amide bonds. The maximum absolute atomic E-state index is 11.3. The Labute approximate surface area is 123 Å². The average Bonchev–Trinajstić information content (AvgIpc) is 2.36. The second-order valence-corrected chi connectivity index (χ2v) is 5.03. The maximum atomic E-state index is 11.3. The van der Waals surface area contributed by atoms with Crippen LogP contribution in [0.1, 0.15) is 0 Å². The highest BCUT2D eigenvalue weighted by molar-refractivity contribution is 9.10. The molecule has 1 N–H and O–H groups in total. The van der Waals surface area contributed by atoms with Gasteiger partial charge in [0.2, 0.25) is 11.6 Å². The lowest BCUT2D eigenvalue weighted by Crippen LogP contribution is -2.08. The van der Waals surface area contributed by atoms with E-state index in [1.54, 1.807) is 6.07 Å². The lowest BCUT2D eigenvalue weighted by molar-refractivity contribution is -0.385. The summed E-state index contributed by atoms with van der Waals surface area (Å²) in [7, 11) is 0. The van der Waals surface area contributed by atoms with Gasteiger partial charge in [0.05, 0.1) is 11.3 Å². The van der Waals surface area contributed by atoms with Crippen molar-refractivity contribution >= 4 is 37.5 Å². The molecule has 0 aliphatic rings. The number of benzene rings is 1. The van der Waals surface area contributed by atoms with Crippen LogP contribution >= 0.6 is 31.9 Å². The van der Waals surface area contributed by atoms with Gasteiger partial charge in [0, 0.05) is 10.5 Å². The van der Waals surface area contributed by atoms with Gasteiger partial charge in [0.15, 0.2) is 0 Å². The quantitative estimate of drug-likeness (QED) is 0.641. The smallest absolute Gasteiger partial charge is 0.312 e. The number of aromatic nitrogens is 2. The summed E-state index contributed by atoms with van der Waals surface area (Å²) in [6.07, 6.45) is 1.15. The molecule has 0 unspecified atom stereocenters. The van der Waals surface area contributed by atoms with E-state index in [1.807, 2.05) is 0 Å². The average molecular weight is 391 g/mol. The Morgan fingerprint density at radius 2 is 2.11 bits per heavy atom. The van der Waals surface area contributed by atoms with Crippen LogP contribution in [-0.4, -0.2) is 14.9 Å². The van der Waals surface area contributed by atoms with Crippen molar-refractivity contribution in [3.63, 3.8) is 0 Å². The number of rotatable bonds is 3. The van der Waals surface area contributed by atoms with Crippen LogP contribution in [-0.2, 0) is 0 Å². The molecule has 0 bridgehead atoms. The predicted molar refractivity (Wildman–Crippen MR) is 73.4 cm³/mol. The van der Waals surface area contributed by atoms with Crippen molar-refractivity contribution in [2.45, 2.75) is 0 Å². The van der Waals surface area contributed by atoms with Crippen molar-refractivity contribution in [1.82, 2.24) is 9.97 Å². The van der Waals surface area contributed by atoms with E-state index < -0.39 is 10.5 Å². The first-order valence-corrected chi connectivity index (χ1v) is 6.42. The summed E-state index contributed by atoms with van der Waals surface area (Å²) in [5, 5.41) is 10.9. The molecule has 1 aromatic heterocycles. The van der Waals surface area contributed by atoms with Crippen LogP contribution in [0.4, 0.5) is 5.69 Å². The van der Waals surface area contributed by atoms with Gasteiger partial charge < -0.3 is 9.72 Å². The van der Waals surface area contributed by atoms with Gasteiger partial charge in [-0.15, -0.1) is 0 Å². The highest BCUT2D eigenvalue weighted by atomic mass is 79.9. The number of halogens is 2. The summed E-state index contributed by atoms with van der Waals surface area (Å²) >= 11 is 6.14. The molecule has 2 rings (SSSR count). The number of nitro groups is 1. The second-order valence-electron chi connectivity index (χ2n) is 3.32. The van der Waals surface area contributed by atoms with E-state index in [0.717, 1.165) is 6.33 Å². The summed E-state index contributed by atoms with van der Waals surface area (Å²) in [4.78, 5) is 27.8. The molecule has 9 heteroatoms. The first kappa shape index (κ1) is 13.7. The zero-order chi connectivity index (χ0) is 14.0. The van der Waals surface area contributed by atoms with E-state index in [4.69, 9.17) is 4.74 Å². The van der Waals surface area contributed by atoms with Crippen LogP contribution in [0, 0.1) is 10.1 Å². The van der Waals surface area contributed by atoms with Crippen LogP contribution in [0.25, 0.3) is 0 Å². The minimum absolute atomic E-state index is 0.00741. The number of H-pyrrole nitrogens is 1. The third-order valence-corrected chi connectivity index (χ3v) is 3.28. The largest absolute Gasteiger partial charge is 0.430 e. The number of ether oxygens (including phenoxy) is 1. The first-order valence-electron chi connectivity index (χ1n) is 4.84. The van der Waals surface area contributed by atoms with E-state index in [9.17, 15) is 14.9 Å². The van der Waals surface area contributed by atoms with Crippen molar-refractivity contribution < 1.29 is 9.66 Å². The van der Waals surface area contributed by atoms with Gasteiger partial charge in [0.1, 0.15) is 4.47 Å². The number of hydrogen-bond donors (Lipinski definition) is 1. The molecule has 7 nitrogen and oxygen atoms in total. The van der Waals surface area contributed by atoms with E-state index in [-0.39, 0.29) is 21.8 Å². The highest BCUT2D eigenvalue weighted by Crippen LogP contribution is 2.34. The highest BCUT2D eigenvalue weighted by Gasteiger charge is 2.18. The van der Waals surface area contributed by atoms with Crippen LogP contribution in [0.3, 0.4) is 0 Å². The Kier molecular flexibility index (Phi) is 3.96. The zero-order valence-electron chi connectivity index (χ0n) is 9.09. The zero-order valence-corrected chi connectivity index (χ0v) is 12.3. The Morgan fingerprint density at radius 1 is 1.37 bits per heavy atom. The fourth-order valence-corrected chi connectivity index (χ4v) is 1.91. The standard InChI is InChI=1S/C10H5Br2N3O4/c11-5-1-2-7(6(3-5)15(17)18)19-10-8(12)9(16)13-4-14-10/h1-4H,(H,13,14,16). The predicted octanol–water partition coefficient (Wildman–Crippen LogP) is 3.00. The van der Waals surface area contributed by atoms with Crippen molar-refractivity contribution in [2.24, 2.45) is 0 Å². The number of nitrogens with one attached hydrogen (secondary N) is 1. The minimum Gasteiger partial charge on any atom is -0.430 e. The lowest BCUT2D eigenvalue weighted by atomic mass is 10.3. The topological polar surface area (TPSA) is 98.1 Å². The van der Waals surface area contributed by atoms with Gasteiger partial charge in [-0.2, -0.15) is 0 Å². The molecule has 0 spiro atoms. The molecular weight excluding hydrogens is 386 g/mol. The number of aromatic amines is 1. The molecule has 0 radical (unpaired) electrons. The Morgan fingerprint density at radius 3 is 2.79 bits per heavy atom. The molecule has 1 heterocycles. The van der Waals surface area contributed by atoms with E-state index >= 15 is 0 Å². The Bertz CT molecular complexity index is 701. The summed E-state index contributed by atoms with van der Waals surface area (Å²) < 4.78 is 5.90. The van der Waals surface area contributed by atoms with Crippen LogP contribution in [0.15, 0.2) is 38.3 Å². The summed E-state index contributed by atoms with van der Waals surface area (Å²) in [6, 6.07) is 4.30. The third kappa shape index (κ3) is 2.99. The van der Waals surface area contributed by atoms with Crippen molar-refractivity contribution in [3.05, 3.63) is 53.9 Å². The summed E-state index contributed by atoms with van der Waals surface area (Å²) in [5.41, 5.74) is -0.673. The van der Waals surface area contributed by atoms with Crippen molar-refractivity contribution in [2.75, 3.05) is 0 Å². The Balaban J connectivity index is 2.46. The van der Waals surface area contributed by atoms with E-state index in [2.05, 4.69) is 41.8 Å². The normalized spacial score (nSPS) is 10.2. The molecule has 0 aliphatic carbocycles. The molecule has 0 aliphatic heterocycles. The molecule has 0 saturated heterocycles. The van der Waals surface area contributed by atoms with Crippen LogP contribution in [0.5, 0.6) is 11.6 Å². The van der Waals surface area contributed by atoms with Crippen molar-refractivity contribution in [3.8, 4) is 11.6 Å². The molecule has 0 atom stereocenters. The fourth-order valence-electron chi connectivity index (χ4n) is 1.26. The monoisotopic (exact) mass is 389 g/mol. The number of nitrogens with zero attached hydrogens (tertiary/aromatic N) is 2. The van der Waals surface area contributed by atoms with Gasteiger partial charge >= 0.3 is 5.69 Å². The van der Waals surface area contributed by atoms with Gasteiger partial charge in [-0.05, 0) is 28.1 Å². The maximum Gasteiger partial charge on any atom is 0.312 e. The lowest BCUT2D eigenvalue weighted by Gasteiger charge is -2.06. The fraction of sp³-hybridized carbons (Fsp3) is 0. The minimum atomic E-state index is -0.582. The van der Waals surface area contributed by atoms with Crippen LogP contribution < -0.4 is 10.3 Å². The summed E-state index contributed by atoms with van der Waals surface area (Å²) in [5.74, 6) is -0.0545. The molecular formula is C10H5Br2N3O4. The van der Waals surface area contributed by atoms with Crippen LogP contribution in [0.2, 0.25) is 0 Å². The molecule has 98 valence electrons. The van der Waals surface area contributed by atoms with Crippen molar-refractivity contribution in [1.29, 1.82) is 0 Å². The number of nitro benzene ring substituents is 1. The SMILES string of the molecule is O=c1[nH]cnc(Oc2ccc(Br)cc2[N+](=O)[O-])c1Br. The third-order valence-electron chi connectivity index (χ3n) is 2.09. The Hall–Kier alpha value is -1.74. The van der Waals surface area contributed by atoms with Gasteiger partial charge in [0.25, 0.3) is 5.56 Å². The second kappa shape index (κ2) is 5.49. The molecule has 0 saturated carbocycles. The molecule has 2 aromatic rings. The van der Waals surface area contributed by atoms with Gasteiger partial charge in [-0.1, -0.05) is 15.9 Å². The van der Waals surface area contributed by atoms with E-state index in [0.29, 0.717) is 4.47 Å². The molecule has 0 fully saturated rings. The molecule has 19 heavy (non-hydrogen) atoms. The van der Waals surface area contributed by atoms with Gasteiger partial charge in [-0.3, -0.25) is 14.9 Å². The van der Waals surface area contributed by atoms with E-state index in [1.165, 1.54) is 12.1 Å². The molecule has 1 aromatic carbocycles. The first-order chi connectivity index (χ1) is 8.99. The van der Waals surface area contributed by atoms with Gasteiger partial charge in [-0.25, -0.2) is 4.98 Å².